The number of nitrogens with one attached hydrogen (secondary N) is 2. The minimum atomic E-state index is -1.70. The molecule has 0 bridgehead atoms. The Hall–Kier alpha value is -7.42. The summed E-state index contributed by atoms with van der Waals surface area (Å²) in [5.74, 6) is 9.97. The average Bonchev–Trinajstić information content (AvgIpc) is 4.26. The third-order valence-electron chi connectivity index (χ3n) is 13.3. The van der Waals surface area contributed by atoms with Gasteiger partial charge in [-0.1, -0.05) is 23.7 Å². The number of nitrogens with zero attached hydrogens (tertiary/aromatic N) is 8. The van der Waals surface area contributed by atoms with Gasteiger partial charge in [-0.05, 0) is 88.5 Å². The number of pyridine rings is 2. The maximum Gasteiger partial charge on any atom is 0.269 e. The third-order valence-corrected chi connectivity index (χ3v) is 13.3. The van der Waals surface area contributed by atoms with E-state index in [9.17, 15) is 39.0 Å². The summed E-state index contributed by atoms with van der Waals surface area (Å²) in [7, 11) is 3.26. The number of aliphatic hydroxyl groups is 2. The van der Waals surface area contributed by atoms with Crippen molar-refractivity contribution in [2.75, 3.05) is 27.2 Å². The first-order chi connectivity index (χ1) is 32.5. The van der Waals surface area contributed by atoms with Crippen LogP contribution in [0.1, 0.15) is 131 Å². The molecule has 20 nitrogen and oxygen atoms in total. The van der Waals surface area contributed by atoms with Gasteiger partial charge in [-0.15, -0.1) is 0 Å². The molecule has 68 heavy (non-hydrogen) atoms. The first-order valence-corrected chi connectivity index (χ1v) is 22.9. The number of carbonyl (C=O) groups is 6. The molecule has 6 heterocycles. The second-order valence-electron chi connectivity index (χ2n) is 18.4. The van der Waals surface area contributed by atoms with E-state index in [0.29, 0.717) is 72.7 Å². The van der Waals surface area contributed by atoms with Crippen LogP contribution in [0.3, 0.4) is 0 Å². The highest BCUT2D eigenvalue weighted by atomic mass is 16.3. The van der Waals surface area contributed by atoms with Crippen LogP contribution in [0.15, 0.2) is 36.7 Å². The van der Waals surface area contributed by atoms with Crippen LogP contribution >= 0.6 is 0 Å². The Labute approximate surface area is 391 Å². The highest BCUT2D eigenvalue weighted by Gasteiger charge is 2.44. The Kier molecular flexibility index (Phi) is 12.1. The summed E-state index contributed by atoms with van der Waals surface area (Å²) in [5, 5.41) is 36.2. The van der Waals surface area contributed by atoms with Gasteiger partial charge in [-0.25, -0.2) is 19.3 Å². The molecule has 2 saturated carbocycles. The summed E-state index contributed by atoms with van der Waals surface area (Å²) in [5.41, 5.74) is 12.1. The quantitative estimate of drug-likeness (QED) is 0.131. The fraction of sp³-hybridized carbons (Fsp3) is 0.458. The third kappa shape index (κ3) is 9.04. The Bertz CT molecular complexity index is 2700. The number of nitrogens with two attached hydrogens (primary N) is 2. The van der Waals surface area contributed by atoms with E-state index in [4.69, 9.17) is 11.5 Å². The molecule has 0 radical (unpaired) electrons. The van der Waals surface area contributed by atoms with Gasteiger partial charge in [0.2, 0.25) is 23.0 Å². The maximum atomic E-state index is 12.4. The standard InChI is InChI=1S/2C24H26N6O4/c2*1-29-12-10-24(34,23(29)33)9-7-14-8-11-26-18(13-14)30-17-4-2-3-16(27-22(32)15-5-6-15)19(17)20(28-30)21(25)31/h2*8,11,13,15-16,34H,2-6,10,12H2,1H3,(H2,25,31)(H,27,32)/t16-,24+;16-,24-/m10/s1. The molecule has 4 aliphatic carbocycles. The smallest absolute Gasteiger partial charge is 0.269 e. The lowest BCUT2D eigenvalue weighted by molar-refractivity contribution is -0.138. The van der Waals surface area contributed by atoms with Gasteiger partial charge in [0.25, 0.3) is 23.6 Å². The van der Waals surface area contributed by atoms with Crippen molar-refractivity contribution in [3.63, 3.8) is 0 Å². The Morgan fingerprint density at radius 2 is 1.06 bits per heavy atom. The molecular weight excluding hydrogens is 873 g/mol. The van der Waals surface area contributed by atoms with Gasteiger partial charge < -0.3 is 42.1 Å². The Morgan fingerprint density at radius 1 is 0.662 bits per heavy atom. The highest BCUT2D eigenvalue weighted by molar-refractivity contribution is 5.94. The summed E-state index contributed by atoms with van der Waals surface area (Å²) in [6.07, 6.45) is 11.5. The van der Waals surface area contributed by atoms with Gasteiger partial charge in [0.1, 0.15) is 0 Å². The number of fused-ring (bicyclic) bond motifs is 2. The number of likely N-dealkylation sites (tertiary alicyclic amines) is 2. The number of rotatable bonds is 8. The number of likely N-dealkylation sites (N-methyl/N-ethyl adjacent to an activating group) is 2. The number of amides is 6. The number of hydrogen-bond donors (Lipinski definition) is 6. The van der Waals surface area contributed by atoms with Crippen LogP contribution in [0.25, 0.3) is 11.6 Å². The largest absolute Gasteiger partial charge is 0.369 e. The van der Waals surface area contributed by atoms with Crippen LogP contribution in [-0.4, -0.2) is 123 Å². The van der Waals surface area contributed by atoms with Crippen molar-refractivity contribution in [1.29, 1.82) is 0 Å². The first-order valence-electron chi connectivity index (χ1n) is 22.9. The van der Waals surface area contributed by atoms with Crippen molar-refractivity contribution in [2.45, 2.75) is 100 Å². The first kappa shape index (κ1) is 45.7. The number of hydrogen-bond acceptors (Lipinski definition) is 12. The Morgan fingerprint density at radius 3 is 1.40 bits per heavy atom. The van der Waals surface area contributed by atoms with Crippen molar-refractivity contribution >= 4 is 35.4 Å². The molecule has 4 atom stereocenters. The molecule has 2 aliphatic heterocycles. The maximum absolute atomic E-state index is 12.4. The lowest BCUT2D eigenvalue weighted by Crippen LogP contribution is -2.37. The minimum Gasteiger partial charge on any atom is -0.369 e. The predicted octanol–water partition coefficient (Wildman–Crippen LogP) is 0.429. The molecule has 352 valence electrons. The van der Waals surface area contributed by atoms with Crippen molar-refractivity contribution in [2.24, 2.45) is 23.3 Å². The van der Waals surface area contributed by atoms with Gasteiger partial charge in [0.05, 0.1) is 23.5 Å². The van der Waals surface area contributed by atoms with Crippen molar-refractivity contribution < 1.29 is 39.0 Å². The van der Waals surface area contributed by atoms with Crippen molar-refractivity contribution in [1.82, 2.24) is 50.0 Å². The summed E-state index contributed by atoms with van der Waals surface area (Å²) in [4.78, 5) is 85.3. The average molecular weight is 925 g/mol. The molecule has 0 unspecified atom stereocenters. The summed E-state index contributed by atoms with van der Waals surface area (Å²) in [6, 6.07) is 6.07. The monoisotopic (exact) mass is 924 g/mol. The lowest BCUT2D eigenvalue weighted by Gasteiger charge is -2.24. The molecule has 4 aromatic heterocycles. The lowest BCUT2D eigenvalue weighted by atomic mass is 9.90. The van der Waals surface area contributed by atoms with Gasteiger partial charge in [0.15, 0.2) is 23.0 Å². The second-order valence-corrected chi connectivity index (χ2v) is 18.4. The summed E-state index contributed by atoms with van der Waals surface area (Å²) in [6.45, 7) is 0.888. The second kappa shape index (κ2) is 18.0. The fourth-order valence-corrected chi connectivity index (χ4v) is 9.20. The number of primary amides is 2. The van der Waals surface area contributed by atoms with Crippen LogP contribution in [0.4, 0.5) is 0 Å². The van der Waals surface area contributed by atoms with Crippen LogP contribution in [-0.2, 0) is 32.0 Å². The van der Waals surface area contributed by atoms with E-state index in [0.717, 1.165) is 49.9 Å². The zero-order valence-corrected chi connectivity index (χ0v) is 37.7. The van der Waals surface area contributed by atoms with E-state index in [1.165, 1.54) is 9.80 Å². The highest BCUT2D eigenvalue weighted by Crippen LogP contribution is 2.38. The Balaban J connectivity index is 0.000000170. The van der Waals surface area contributed by atoms with E-state index in [-0.39, 0.29) is 60.0 Å². The van der Waals surface area contributed by atoms with Gasteiger partial charge in [0, 0.05) is 86.5 Å². The molecule has 0 spiro atoms. The van der Waals surface area contributed by atoms with Crippen LogP contribution in [0, 0.1) is 35.5 Å². The van der Waals surface area contributed by atoms with Crippen LogP contribution < -0.4 is 22.1 Å². The molecule has 8 N–H and O–H groups in total. The zero-order chi connectivity index (χ0) is 48.1. The van der Waals surface area contributed by atoms with Crippen LogP contribution in [0.5, 0.6) is 0 Å². The summed E-state index contributed by atoms with van der Waals surface area (Å²) < 4.78 is 3.17. The van der Waals surface area contributed by atoms with E-state index in [2.05, 4.69) is 54.5 Å². The molecule has 6 aliphatic rings. The molecule has 4 fully saturated rings. The van der Waals surface area contributed by atoms with Gasteiger partial charge >= 0.3 is 0 Å². The molecule has 4 aromatic rings. The van der Waals surface area contributed by atoms with E-state index < -0.39 is 34.8 Å². The zero-order valence-electron chi connectivity index (χ0n) is 37.7. The molecular formula is C48H52N12O8. The molecule has 10 rings (SSSR count). The SMILES string of the molecule is CN1CC[C@@](O)(C#Cc2ccnc(-n3nc(C(N)=O)c4c3CCC[C@@H]4NC(=O)C3CC3)c2)C1=O.CN1CC[C@@](O)(C#Cc2ccnc(-n3nc(C(N)=O)c4c3CCC[C@H]4NC(=O)C3CC3)c2)C1=O. The van der Waals surface area contributed by atoms with Gasteiger partial charge in [-0.3, -0.25) is 28.8 Å². The minimum absolute atomic E-state index is 0.00135. The van der Waals surface area contributed by atoms with E-state index in [1.807, 2.05) is 0 Å². The van der Waals surface area contributed by atoms with Crippen molar-refractivity contribution in [3.05, 3.63) is 81.7 Å². The molecule has 6 amide bonds. The fourth-order valence-electron chi connectivity index (χ4n) is 9.20. The summed E-state index contributed by atoms with van der Waals surface area (Å²) >= 11 is 0. The predicted molar refractivity (Wildman–Crippen MR) is 241 cm³/mol. The normalized spacial score (nSPS) is 23.8. The van der Waals surface area contributed by atoms with Crippen molar-refractivity contribution in [3.8, 4) is 35.3 Å². The molecule has 0 aromatic carbocycles. The number of aromatic nitrogens is 6. The van der Waals surface area contributed by atoms with Gasteiger partial charge in [-0.2, -0.15) is 10.2 Å². The van der Waals surface area contributed by atoms with Crippen LogP contribution in [0.2, 0.25) is 0 Å². The number of carbonyl (C=O) groups excluding carboxylic acids is 6. The molecule has 2 saturated heterocycles. The van der Waals surface area contributed by atoms with E-state index >= 15 is 0 Å². The molecule has 20 heteroatoms. The van der Waals surface area contributed by atoms with E-state index in [1.54, 1.807) is 60.1 Å². The topological polar surface area (TPSA) is 287 Å².